The van der Waals surface area contributed by atoms with E-state index in [2.05, 4.69) is 28.4 Å². The molecule has 0 saturated carbocycles. The lowest BCUT2D eigenvalue weighted by Gasteiger charge is -2.47. The van der Waals surface area contributed by atoms with Crippen molar-refractivity contribution in [3.05, 3.63) is 29.3 Å². The van der Waals surface area contributed by atoms with Crippen molar-refractivity contribution in [2.45, 2.75) is 44.1 Å². The van der Waals surface area contributed by atoms with Crippen LogP contribution in [-0.4, -0.2) is 62.5 Å². The fraction of sp³-hybridized carbons (Fsp3) is 0.667. The van der Waals surface area contributed by atoms with Gasteiger partial charge in [-0.15, -0.1) is 0 Å². The van der Waals surface area contributed by atoms with Gasteiger partial charge in [-0.3, -0.25) is 9.89 Å². The van der Waals surface area contributed by atoms with E-state index in [1.807, 2.05) is 0 Å². The second kappa shape index (κ2) is 8.59. The van der Waals surface area contributed by atoms with Crippen LogP contribution in [0.2, 0.25) is 0 Å². The van der Waals surface area contributed by atoms with Crippen molar-refractivity contribution in [2.75, 3.05) is 51.4 Å². The molecule has 0 aromatic heterocycles. The van der Waals surface area contributed by atoms with Crippen molar-refractivity contribution in [1.82, 2.24) is 4.90 Å². The molecule has 6 nitrogen and oxygen atoms in total. The molecule has 148 valence electrons. The maximum Gasteiger partial charge on any atom is 0.193 e. The second-order valence-electron chi connectivity index (χ2n) is 7.91. The third kappa shape index (κ3) is 4.28. The van der Waals surface area contributed by atoms with E-state index in [-0.39, 0.29) is 5.54 Å². The summed E-state index contributed by atoms with van der Waals surface area (Å²) in [5, 5.41) is 3.38. The third-order valence-corrected chi connectivity index (χ3v) is 6.31. The number of anilines is 1. The number of guanidine groups is 1. The molecular weight excluding hydrogens is 340 g/mol. The summed E-state index contributed by atoms with van der Waals surface area (Å²) in [7, 11) is 0. The van der Waals surface area contributed by atoms with Gasteiger partial charge in [-0.25, -0.2) is 0 Å². The average Bonchev–Trinajstić information content (AvgIpc) is 2.74. The standard InChI is InChI=1S/C21H32N4O2/c22-20(24-19-7-3-5-17-4-1-2-6-18(17)19)23-16-21(8-12-26-13-9-21)25-10-14-27-15-11-25/h3,5,7H,1-2,4,6,8-16H2,(H3,22,23,24). The van der Waals surface area contributed by atoms with Crippen LogP contribution in [0.15, 0.2) is 23.2 Å². The lowest BCUT2D eigenvalue weighted by molar-refractivity contribution is -0.0667. The minimum absolute atomic E-state index is 0.0461. The number of nitrogens with two attached hydrogens (primary N) is 1. The molecule has 0 radical (unpaired) electrons. The first-order valence-electron chi connectivity index (χ1n) is 10.4. The van der Waals surface area contributed by atoms with E-state index >= 15 is 0 Å². The van der Waals surface area contributed by atoms with Gasteiger partial charge in [0.05, 0.1) is 19.8 Å². The van der Waals surface area contributed by atoms with Gasteiger partial charge in [0.15, 0.2) is 5.96 Å². The minimum atomic E-state index is 0.0461. The third-order valence-electron chi connectivity index (χ3n) is 6.31. The molecule has 2 heterocycles. The van der Waals surface area contributed by atoms with Gasteiger partial charge in [-0.05, 0) is 55.7 Å². The number of aliphatic imine (C=N–C) groups is 1. The topological polar surface area (TPSA) is 72.1 Å². The Balaban J connectivity index is 1.47. The number of benzene rings is 1. The number of rotatable bonds is 4. The number of hydrogen-bond donors (Lipinski definition) is 2. The largest absolute Gasteiger partial charge is 0.381 e. The molecule has 1 aromatic carbocycles. The predicted octanol–water partition coefficient (Wildman–Crippen LogP) is 2.17. The molecule has 3 N–H and O–H groups in total. The number of ether oxygens (including phenoxy) is 2. The summed E-state index contributed by atoms with van der Waals surface area (Å²) in [4.78, 5) is 7.33. The maximum atomic E-state index is 6.31. The first-order chi connectivity index (χ1) is 13.3. The maximum absolute atomic E-state index is 6.31. The lowest BCUT2D eigenvalue weighted by atomic mass is 9.87. The first kappa shape index (κ1) is 18.7. The summed E-state index contributed by atoms with van der Waals surface area (Å²) in [5.74, 6) is 0.521. The van der Waals surface area contributed by atoms with E-state index in [1.54, 1.807) is 0 Å². The zero-order valence-electron chi connectivity index (χ0n) is 16.2. The summed E-state index contributed by atoms with van der Waals surface area (Å²) >= 11 is 0. The molecule has 6 heteroatoms. The number of aryl methyl sites for hydroxylation is 1. The number of nitrogens with zero attached hydrogens (tertiary/aromatic N) is 2. The molecular formula is C21H32N4O2. The molecule has 0 bridgehead atoms. The summed E-state index contributed by atoms with van der Waals surface area (Å²) in [6, 6.07) is 6.48. The van der Waals surface area contributed by atoms with Gasteiger partial charge in [0.2, 0.25) is 0 Å². The van der Waals surface area contributed by atoms with Gasteiger partial charge in [-0.1, -0.05) is 12.1 Å². The SMILES string of the molecule is NC(=NCC1(N2CCOCC2)CCOCC1)Nc1cccc2c1CCCC2. The van der Waals surface area contributed by atoms with Crippen LogP contribution in [0.25, 0.3) is 0 Å². The molecule has 0 unspecified atom stereocenters. The van der Waals surface area contributed by atoms with Crippen LogP contribution in [0.5, 0.6) is 0 Å². The van der Waals surface area contributed by atoms with Gasteiger partial charge in [0.1, 0.15) is 0 Å². The zero-order valence-corrected chi connectivity index (χ0v) is 16.2. The number of morpholine rings is 1. The highest BCUT2D eigenvalue weighted by atomic mass is 16.5. The molecule has 27 heavy (non-hydrogen) atoms. The number of fused-ring (bicyclic) bond motifs is 1. The summed E-state index contributed by atoms with van der Waals surface area (Å²) in [6.07, 6.45) is 6.84. The molecule has 3 aliphatic rings. The first-order valence-corrected chi connectivity index (χ1v) is 10.4. The Morgan fingerprint density at radius 3 is 2.63 bits per heavy atom. The second-order valence-corrected chi connectivity index (χ2v) is 7.91. The molecule has 1 aliphatic carbocycles. The van der Waals surface area contributed by atoms with Gasteiger partial charge in [0, 0.05) is 37.5 Å². The smallest absolute Gasteiger partial charge is 0.193 e. The predicted molar refractivity (Wildman–Crippen MR) is 108 cm³/mol. The Hall–Kier alpha value is -1.63. The van der Waals surface area contributed by atoms with Gasteiger partial charge < -0.3 is 20.5 Å². The molecule has 4 rings (SSSR count). The number of nitrogens with one attached hydrogen (secondary N) is 1. The van der Waals surface area contributed by atoms with Crippen molar-refractivity contribution in [1.29, 1.82) is 0 Å². The molecule has 0 amide bonds. The summed E-state index contributed by atoms with van der Waals surface area (Å²) in [5.41, 5.74) is 10.3. The Bertz CT molecular complexity index is 664. The normalized spacial score (nSPS) is 23.6. The van der Waals surface area contributed by atoms with E-state index in [0.29, 0.717) is 12.5 Å². The van der Waals surface area contributed by atoms with Crippen LogP contribution in [0.1, 0.15) is 36.8 Å². The zero-order chi connectivity index (χ0) is 18.5. The van der Waals surface area contributed by atoms with Crippen LogP contribution < -0.4 is 11.1 Å². The van der Waals surface area contributed by atoms with E-state index in [9.17, 15) is 0 Å². The van der Waals surface area contributed by atoms with Crippen LogP contribution >= 0.6 is 0 Å². The highest BCUT2D eigenvalue weighted by Gasteiger charge is 2.39. The molecule has 2 fully saturated rings. The fourth-order valence-corrected chi connectivity index (χ4v) is 4.67. The highest BCUT2D eigenvalue weighted by molar-refractivity contribution is 5.93. The van der Waals surface area contributed by atoms with Crippen molar-refractivity contribution in [3.63, 3.8) is 0 Å². The van der Waals surface area contributed by atoms with Crippen LogP contribution in [0, 0.1) is 0 Å². The molecule has 2 saturated heterocycles. The monoisotopic (exact) mass is 372 g/mol. The Labute approximate surface area is 162 Å². The highest BCUT2D eigenvalue weighted by Crippen LogP contribution is 2.30. The van der Waals surface area contributed by atoms with Gasteiger partial charge in [0.25, 0.3) is 0 Å². The van der Waals surface area contributed by atoms with Crippen LogP contribution in [0.3, 0.4) is 0 Å². The Kier molecular flexibility index (Phi) is 5.95. The molecule has 0 spiro atoms. The summed E-state index contributed by atoms with van der Waals surface area (Å²) < 4.78 is 11.2. The summed E-state index contributed by atoms with van der Waals surface area (Å²) in [6.45, 7) is 5.85. The minimum Gasteiger partial charge on any atom is -0.381 e. The van der Waals surface area contributed by atoms with E-state index in [4.69, 9.17) is 20.2 Å². The van der Waals surface area contributed by atoms with Crippen LogP contribution in [-0.2, 0) is 22.3 Å². The Morgan fingerprint density at radius 2 is 1.81 bits per heavy atom. The molecule has 1 aromatic rings. The van der Waals surface area contributed by atoms with Crippen LogP contribution in [0.4, 0.5) is 5.69 Å². The Morgan fingerprint density at radius 1 is 1.07 bits per heavy atom. The fourth-order valence-electron chi connectivity index (χ4n) is 4.67. The quantitative estimate of drug-likeness (QED) is 0.626. The van der Waals surface area contributed by atoms with Gasteiger partial charge >= 0.3 is 0 Å². The lowest BCUT2D eigenvalue weighted by Crippen LogP contribution is -2.58. The van der Waals surface area contributed by atoms with E-state index in [1.165, 1.54) is 30.4 Å². The van der Waals surface area contributed by atoms with Crippen molar-refractivity contribution < 1.29 is 9.47 Å². The van der Waals surface area contributed by atoms with Crippen molar-refractivity contribution in [3.8, 4) is 0 Å². The van der Waals surface area contributed by atoms with E-state index < -0.39 is 0 Å². The van der Waals surface area contributed by atoms with Crippen molar-refractivity contribution in [2.24, 2.45) is 10.7 Å². The van der Waals surface area contributed by atoms with Gasteiger partial charge in [-0.2, -0.15) is 0 Å². The number of hydrogen-bond acceptors (Lipinski definition) is 4. The van der Waals surface area contributed by atoms with Crippen molar-refractivity contribution >= 4 is 11.6 Å². The molecule has 2 aliphatic heterocycles. The van der Waals surface area contributed by atoms with E-state index in [0.717, 1.165) is 64.5 Å². The average molecular weight is 373 g/mol. The molecule has 0 atom stereocenters.